The second-order valence-corrected chi connectivity index (χ2v) is 7.41. The minimum Gasteiger partial charge on any atom is -0.465 e. The summed E-state index contributed by atoms with van der Waals surface area (Å²) >= 11 is 0. The third kappa shape index (κ3) is 3.59. The number of carbonyl (C=O) groups excluding carboxylic acids is 1. The highest BCUT2D eigenvalue weighted by Crippen LogP contribution is 2.37. The molecule has 21 heavy (non-hydrogen) atoms. The standard InChI is InChI=1S/C17H32N2O2/c1-6-21-16(20)17(18-12(2)3)8-7-15(9-17)19-10-13(4)14(5)11-19/h12-15,18H,6-11H2,1-5H3. The quantitative estimate of drug-likeness (QED) is 0.791. The molecular weight excluding hydrogens is 264 g/mol. The minimum atomic E-state index is -0.468. The van der Waals surface area contributed by atoms with Crippen molar-refractivity contribution in [2.75, 3.05) is 19.7 Å². The predicted octanol–water partition coefficient (Wildman–Crippen LogP) is 2.43. The molecule has 4 atom stereocenters. The number of hydrogen-bond acceptors (Lipinski definition) is 4. The summed E-state index contributed by atoms with van der Waals surface area (Å²) in [4.78, 5) is 15.1. The van der Waals surface area contributed by atoms with Gasteiger partial charge in [0.1, 0.15) is 5.54 Å². The molecule has 1 aliphatic carbocycles. The Bertz CT molecular complexity index is 362. The van der Waals surface area contributed by atoms with Crippen LogP contribution in [0.1, 0.15) is 53.9 Å². The van der Waals surface area contributed by atoms with Gasteiger partial charge >= 0.3 is 5.97 Å². The molecule has 1 N–H and O–H groups in total. The van der Waals surface area contributed by atoms with E-state index in [-0.39, 0.29) is 5.97 Å². The first-order chi connectivity index (χ1) is 9.88. The van der Waals surface area contributed by atoms with E-state index in [9.17, 15) is 4.79 Å². The lowest BCUT2D eigenvalue weighted by molar-refractivity contribution is -0.151. The van der Waals surface area contributed by atoms with Crippen LogP contribution in [0, 0.1) is 11.8 Å². The number of likely N-dealkylation sites (tertiary alicyclic amines) is 1. The Morgan fingerprint density at radius 1 is 1.33 bits per heavy atom. The zero-order valence-electron chi connectivity index (χ0n) is 14.3. The van der Waals surface area contributed by atoms with Crippen molar-refractivity contribution in [3.8, 4) is 0 Å². The van der Waals surface area contributed by atoms with E-state index >= 15 is 0 Å². The lowest BCUT2D eigenvalue weighted by Crippen LogP contribution is -2.54. The van der Waals surface area contributed by atoms with Crippen molar-refractivity contribution < 1.29 is 9.53 Å². The molecule has 0 aromatic carbocycles. The lowest BCUT2D eigenvalue weighted by atomic mass is 9.96. The second kappa shape index (κ2) is 6.66. The van der Waals surface area contributed by atoms with E-state index in [1.165, 1.54) is 13.1 Å². The van der Waals surface area contributed by atoms with Crippen molar-refractivity contribution in [2.45, 2.75) is 71.5 Å². The fourth-order valence-corrected chi connectivity index (χ4v) is 4.00. The van der Waals surface area contributed by atoms with Gasteiger partial charge in [0.15, 0.2) is 0 Å². The van der Waals surface area contributed by atoms with Crippen molar-refractivity contribution in [3.63, 3.8) is 0 Å². The number of esters is 1. The average Bonchev–Trinajstić information content (AvgIpc) is 2.95. The third-order valence-corrected chi connectivity index (χ3v) is 5.25. The van der Waals surface area contributed by atoms with Crippen molar-refractivity contribution in [1.29, 1.82) is 0 Å². The number of carbonyl (C=O) groups is 1. The van der Waals surface area contributed by atoms with E-state index in [4.69, 9.17) is 4.74 Å². The van der Waals surface area contributed by atoms with Crippen molar-refractivity contribution in [3.05, 3.63) is 0 Å². The number of ether oxygens (including phenoxy) is 1. The highest BCUT2D eigenvalue weighted by Gasteiger charge is 2.49. The largest absolute Gasteiger partial charge is 0.465 e. The number of nitrogens with zero attached hydrogens (tertiary/aromatic N) is 1. The average molecular weight is 296 g/mol. The van der Waals surface area contributed by atoms with Gasteiger partial charge in [-0.1, -0.05) is 13.8 Å². The smallest absolute Gasteiger partial charge is 0.326 e. The SMILES string of the molecule is CCOC(=O)C1(NC(C)C)CCC(N2CC(C)C(C)C2)C1. The molecule has 1 heterocycles. The summed E-state index contributed by atoms with van der Waals surface area (Å²) < 4.78 is 5.36. The van der Waals surface area contributed by atoms with E-state index < -0.39 is 5.54 Å². The molecule has 2 rings (SSSR count). The molecule has 4 unspecified atom stereocenters. The molecule has 1 saturated heterocycles. The Hall–Kier alpha value is -0.610. The molecule has 0 radical (unpaired) electrons. The van der Waals surface area contributed by atoms with E-state index in [2.05, 4.69) is 37.9 Å². The van der Waals surface area contributed by atoms with Gasteiger partial charge in [-0.25, -0.2) is 0 Å². The van der Waals surface area contributed by atoms with Crippen molar-refractivity contribution >= 4 is 5.97 Å². The molecule has 0 spiro atoms. The summed E-state index contributed by atoms with van der Waals surface area (Å²) in [5.41, 5.74) is -0.468. The second-order valence-electron chi connectivity index (χ2n) is 7.41. The summed E-state index contributed by atoms with van der Waals surface area (Å²) in [6.07, 6.45) is 2.88. The fraction of sp³-hybridized carbons (Fsp3) is 0.941. The van der Waals surface area contributed by atoms with Gasteiger partial charge in [-0.15, -0.1) is 0 Å². The first-order valence-corrected chi connectivity index (χ1v) is 8.57. The molecule has 0 aromatic rings. The van der Waals surface area contributed by atoms with Gasteiger partial charge in [0.05, 0.1) is 6.61 Å². The summed E-state index contributed by atoms with van der Waals surface area (Å²) in [6, 6.07) is 0.817. The molecule has 122 valence electrons. The van der Waals surface area contributed by atoms with Crippen LogP contribution in [0.5, 0.6) is 0 Å². The highest BCUT2D eigenvalue weighted by atomic mass is 16.5. The van der Waals surface area contributed by atoms with Crippen LogP contribution >= 0.6 is 0 Å². The lowest BCUT2D eigenvalue weighted by Gasteiger charge is -2.32. The maximum absolute atomic E-state index is 12.5. The maximum Gasteiger partial charge on any atom is 0.326 e. The summed E-state index contributed by atoms with van der Waals surface area (Å²) in [5, 5.41) is 3.51. The van der Waals surface area contributed by atoms with Crippen LogP contribution in [0.25, 0.3) is 0 Å². The van der Waals surface area contributed by atoms with E-state index in [1.807, 2.05) is 6.92 Å². The van der Waals surface area contributed by atoms with Gasteiger partial charge in [-0.3, -0.25) is 15.0 Å². The minimum absolute atomic E-state index is 0.0542. The predicted molar refractivity (Wildman–Crippen MR) is 85.2 cm³/mol. The van der Waals surface area contributed by atoms with Crippen LogP contribution in [0.4, 0.5) is 0 Å². The zero-order valence-corrected chi connectivity index (χ0v) is 14.3. The first-order valence-electron chi connectivity index (χ1n) is 8.57. The number of nitrogens with one attached hydrogen (secondary N) is 1. The third-order valence-electron chi connectivity index (χ3n) is 5.25. The fourth-order valence-electron chi connectivity index (χ4n) is 4.00. The van der Waals surface area contributed by atoms with Crippen LogP contribution in [0.3, 0.4) is 0 Å². The van der Waals surface area contributed by atoms with E-state index in [0.717, 1.165) is 31.1 Å². The first kappa shape index (κ1) is 16.8. The molecule has 1 saturated carbocycles. The van der Waals surface area contributed by atoms with Gasteiger partial charge in [0.2, 0.25) is 0 Å². The molecule has 2 aliphatic rings. The van der Waals surface area contributed by atoms with E-state index in [1.54, 1.807) is 0 Å². The number of rotatable bonds is 5. The van der Waals surface area contributed by atoms with Gasteiger partial charge < -0.3 is 4.74 Å². The van der Waals surface area contributed by atoms with Gasteiger partial charge in [0, 0.05) is 25.2 Å². The summed E-state index contributed by atoms with van der Waals surface area (Å²) in [5.74, 6) is 1.47. The van der Waals surface area contributed by atoms with Crippen LogP contribution in [0.15, 0.2) is 0 Å². The molecule has 4 nitrogen and oxygen atoms in total. The molecule has 2 fully saturated rings. The van der Waals surface area contributed by atoms with Crippen LogP contribution < -0.4 is 5.32 Å². The highest BCUT2D eigenvalue weighted by molar-refractivity contribution is 5.81. The van der Waals surface area contributed by atoms with Crippen molar-refractivity contribution in [1.82, 2.24) is 10.2 Å². The Balaban J connectivity index is 2.06. The number of hydrogen-bond donors (Lipinski definition) is 1. The van der Waals surface area contributed by atoms with Crippen LogP contribution in [-0.2, 0) is 9.53 Å². The monoisotopic (exact) mass is 296 g/mol. The molecular formula is C17H32N2O2. The van der Waals surface area contributed by atoms with E-state index in [0.29, 0.717) is 18.7 Å². The van der Waals surface area contributed by atoms with Crippen LogP contribution in [-0.4, -0.2) is 48.2 Å². The molecule has 0 aromatic heterocycles. The molecule has 4 heteroatoms. The van der Waals surface area contributed by atoms with Gasteiger partial charge in [-0.05, 0) is 51.9 Å². The Kier molecular flexibility index (Phi) is 5.31. The Morgan fingerprint density at radius 3 is 2.48 bits per heavy atom. The van der Waals surface area contributed by atoms with Gasteiger partial charge in [0.25, 0.3) is 0 Å². The summed E-state index contributed by atoms with van der Waals surface area (Å²) in [6.45, 7) is 13.6. The van der Waals surface area contributed by atoms with Gasteiger partial charge in [-0.2, -0.15) is 0 Å². The zero-order chi connectivity index (χ0) is 15.6. The molecule has 0 amide bonds. The normalized spacial score (nSPS) is 37.3. The maximum atomic E-state index is 12.5. The van der Waals surface area contributed by atoms with Crippen LogP contribution in [0.2, 0.25) is 0 Å². The molecule has 0 bridgehead atoms. The summed E-state index contributed by atoms with van der Waals surface area (Å²) in [7, 11) is 0. The Labute approximate surface area is 129 Å². The van der Waals surface area contributed by atoms with Crippen molar-refractivity contribution in [2.24, 2.45) is 11.8 Å². The molecule has 1 aliphatic heterocycles. The topological polar surface area (TPSA) is 41.6 Å². The Morgan fingerprint density at radius 2 is 1.95 bits per heavy atom.